The Labute approximate surface area is 117 Å². The molecule has 0 saturated carbocycles. The van der Waals surface area contributed by atoms with E-state index in [1.165, 1.54) is 0 Å². The molecule has 0 heterocycles. The minimum atomic E-state index is -2.72. The van der Waals surface area contributed by atoms with E-state index in [1.807, 2.05) is 0 Å². The number of nitro benzene ring substituents is 1. The summed E-state index contributed by atoms with van der Waals surface area (Å²) in [7, 11) is 0. The number of nitro groups is 1. The Morgan fingerprint density at radius 2 is 2.05 bits per heavy atom. The number of aliphatic imine (C=N–C) groups is 2. The van der Waals surface area contributed by atoms with Crippen molar-refractivity contribution in [3.63, 3.8) is 0 Å². The van der Waals surface area contributed by atoms with Crippen LogP contribution in [0.5, 0.6) is 5.75 Å². The number of alkyl halides is 2. The fraction of sp³-hybridized carbons (Fsp3) is 0.200. The van der Waals surface area contributed by atoms with Crippen molar-refractivity contribution in [1.29, 1.82) is 0 Å². The predicted molar refractivity (Wildman–Crippen MR) is 71.7 cm³/mol. The molecule has 0 fully saturated rings. The average Bonchev–Trinajstić information content (AvgIpc) is 2.35. The molecule has 0 aliphatic carbocycles. The molecule has 11 heteroatoms. The minimum Gasteiger partial charge on any atom is -0.485 e. The third-order valence-corrected chi connectivity index (χ3v) is 2.00. The Kier molecular flexibility index (Phi) is 5.34. The van der Waals surface area contributed by atoms with Crippen LogP contribution >= 0.6 is 0 Å². The molecule has 21 heavy (non-hydrogen) atoms. The lowest BCUT2D eigenvalue weighted by molar-refractivity contribution is -0.384. The zero-order valence-electron chi connectivity index (χ0n) is 10.6. The Balaban J connectivity index is 3.19. The van der Waals surface area contributed by atoms with E-state index in [2.05, 4.69) is 9.98 Å². The second-order valence-corrected chi connectivity index (χ2v) is 3.62. The van der Waals surface area contributed by atoms with Gasteiger partial charge in [0.1, 0.15) is 18.0 Å². The number of nitrogens with two attached hydrogens (primary N) is 3. The predicted octanol–water partition coefficient (Wildman–Crippen LogP) is 0.458. The topological polar surface area (TPSA) is 155 Å². The van der Waals surface area contributed by atoms with Crippen LogP contribution in [-0.4, -0.2) is 29.9 Å². The smallest absolute Gasteiger partial charge is 0.272 e. The van der Waals surface area contributed by atoms with E-state index in [4.69, 9.17) is 21.9 Å². The number of non-ortho nitro benzene ring substituents is 1. The second kappa shape index (κ2) is 6.98. The van der Waals surface area contributed by atoms with E-state index >= 15 is 0 Å². The van der Waals surface area contributed by atoms with Crippen LogP contribution in [0.2, 0.25) is 0 Å². The number of halogens is 2. The molecule has 114 valence electrons. The van der Waals surface area contributed by atoms with Gasteiger partial charge in [-0.05, 0) is 6.07 Å². The number of guanidine groups is 2. The zero-order valence-corrected chi connectivity index (χ0v) is 10.6. The van der Waals surface area contributed by atoms with Gasteiger partial charge in [0.25, 0.3) is 12.1 Å². The van der Waals surface area contributed by atoms with Crippen molar-refractivity contribution in [3.05, 3.63) is 28.3 Å². The third kappa shape index (κ3) is 5.26. The van der Waals surface area contributed by atoms with E-state index in [1.54, 1.807) is 0 Å². The van der Waals surface area contributed by atoms with Gasteiger partial charge in [-0.2, -0.15) is 4.99 Å². The maximum Gasteiger partial charge on any atom is 0.272 e. The van der Waals surface area contributed by atoms with Gasteiger partial charge in [0.2, 0.25) is 5.96 Å². The van der Waals surface area contributed by atoms with Crippen molar-refractivity contribution in [3.8, 4) is 5.75 Å². The summed E-state index contributed by atoms with van der Waals surface area (Å²) in [6.45, 7) is -0.900. The van der Waals surface area contributed by atoms with E-state index < -0.39 is 23.9 Å². The number of rotatable bonds is 5. The largest absolute Gasteiger partial charge is 0.485 e. The normalized spacial score (nSPS) is 11.3. The highest BCUT2D eigenvalue weighted by Crippen LogP contribution is 2.32. The Hall–Kier alpha value is -2.98. The van der Waals surface area contributed by atoms with Crippen LogP contribution in [0, 0.1) is 10.1 Å². The Morgan fingerprint density at radius 1 is 1.38 bits per heavy atom. The molecule has 1 aromatic rings. The summed E-state index contributed by atoms with van der Waals surface area (Å²) in [5, 5.41) is 10.7. The molecule has 0 spiro atoms. The van der Waals surface area contributed by atoms with Gasteiger partial charge in [-0.3, -0.25) is 10.1 Å². The molecule has 0 saturated heterocycles. The summed E-state index contributed by atoms with van der Waals surface area (Å²) in [6, 6.07) is 3.20. The summed E-state index contributed by atoms with van der Waals surface area (Å²) in [6.07, 6.45) is -2.72. The molecule has 0 unspecified atom stereocenters. The first kappa shape index (κ1) is 16.1. The lowest BCUT2D eigenvalue weighted by Crippen LogP contribution is -2.26. The maximum absolute atomic E-state index is 12.1. The van der Waals surface area contributed by atoms with E-state index in [0.29, 0.717) is 0 Å². The van der Waals surface area contributed by atoms with Crippen LogP contribution in [-0.2, 0) is 0 Å². The molecule has 0 atom stereocenters. The molecule has 6 N–H and O–H groups in total. The summed E-state index contributed by atoms with van der Waals surface area (Å²) >= 11 is 0. The fourth-order valence-electron chi connectivity index (χ4n) is 1.26. The van der Waals surface area contributed by atoms with Gasteiger partial charge >= 0.3 is 0 Å². The van der Waals surface area contributed by atoms with Crippen molar-refractivity contribution in [1.82, 2.24) is 0 Å². The van der Waals surface area contributed by atoms with Crippen molar-refractivity contribution in [2.75, 3.05) is 6.61 Å². The molecule has 9 nitrogen and oxygen atoms in total. The van der Waals surface area contributed by atoms with Crippen molar-refractivity contribution >= 4 is 23.3 Å². The molecular formula is C10H12F2N6O3. The van der Waals surface area contributed by atoms with E-state index in [-0.39, 0.29) is 23.1 Å². The molecule has 0 amide bonds. The van der Waals surface area contributed by atoms with Gasteiger partial charge in [0.05, 0.1) is 4.92 Å². The quantitative estimate of drug-likeness (QED) is 0.310. The van der Waals surface area contributed by atoms with Crippen LogP contribution in [0.3, 0.4) is 0 Å². The summed E-state index contributed by atoms with van der Waals surface area (Å²) in [5.41, 5.74) is 15.1. The number of nitrogens with zero attached hydrogens (tertiary/aromatic N) is 3. The van der Waals surface area contributed by atoms with Crippen molar-refractivity contribution < 1.29 is 18.4 Å². The first-order valence-electron chi connectivity index (χ1n) is 5.42. The highest BCUT2D eigenvalue weighted by Gasteiger charge is 2.13. The first-order chi connectivity index (χ1) is 9.79. The van der Waals surface area contributed by atoms with Crippen molar-refractivity contribution in [2.45, 2.75) is 6.43 Å². The summed E-state index contributed by atoms with van der Waals surface area (Å²) < 4.78 is 29.1. The fourth-order valence-corrected chi connectivity index (χ4v) is 1.26. The SMILES string of the molecule is NC(N)=NC(N)=Nc1cc([N+](=O)[O-])ccc1OCC(F)F. The first-order valence-corrected chi connectivity index (χ1v) is 5.42. The molecule has 1 aromatic carbocycles. The van der Waals surface area contributed by atoms with Gasteiger partial charge < -0.3 is 21.9 Å². The maximum atomic E-state index is 12.1. The van der Waals surface area contributed by atoms with Crippen LogP contribution in [0.1, 0.15) is 0 Å². The van der Waals surface area contributed by atoms with Gasteiger partial charge in [0.15, 0.2) is 5.96 Å². The number of ether oxygens (including phenoxy) is 1. The third-order valence-electron chi connectivity index (χ3n) is 2.00. The Bertz CT molecular complexity index is 586. The van der Waals surface area contributed by atoms with Crippen LogP contribution in [0.4, 0.5) is 20.2 Å². The second-order valence-electron chi connectivity index (χ2n) is 3.62. The van der Waals surface area contributed by atoms with E-state index in [0.717, 1.165) is 18.2 Å². The van der Waals surface area contributed by atoms with Crippen LogP contribution < -0.4 is 21.9 Å². The molecule has 0 aliphatic rings. The van der Waals surface area contributed by atoms with Gasteiger partial charge in [0, 0.05) is 12.1 Å². The number of hydrogen-bond acceptors (Lipinski definition) is 4. The van der Waals surface area contributed by atoms with Gasteiger partial charge in [-0.1, -0.05) is 0 Å². The lowest BCUT2D eigenvalue weighted by atomic mass is 10.2. The summed E-state index contributed by atoms with van der Waals surface area (Å²) in [4.78, 5) is 17.1. The minimum absolute atomic E-state index is 0.116. The molecule has 0 radical (unpaired) electrons. The van der Waals surface area contributed by atoms with Gasteiger partial charge in [-0.25, -0.2) is 13.8 Å². The number of hydrogen-bond donors (Lipinski definition) is 3. The van der Waals surface area contributed by atoms with Crippen LogP contribution in [0.25, 0.3) is 0 Å². The van der Waals surface area contributed by atoms with Gasteiger partial charge in [-0.15, -0.1) is 0 Å². The molecule has 0 bridgehead atoms. The Morgan fingerprint density at radius 3 is 2.57 bits per heavy atom. The average molecular weight is 302 g/mol. The molecular weight excluding hydrogens is 290 g/mol. The lowest BCUT2D eigenvalue weighted by Gasteiger charge is -2.08. The molecule has 0 aliphatic heterocycles. The van der Waals surface area contributed by atoms with Crippen LogP contribution in [0.15, 0.2) is 28.2 Å². The standard InChI is InChI=1S/C10H12F2N6O3/c11-8(12)4-21-7-2-1-5(18(19)20)3-6(7)16-10(15)17-9(13)14/h1-3,8H,4H2,(H6,13,14,15,16,17). The highest BCUT2D eigenvalue weighted by molar-refractivity contribution is 5.94. The molecule has 1 rings (SSSR count). The monoisotopic (exact) mass is 302 g/mol. The summed E-state index contributed by atoms with van der Waals surface area (Å²) in [5.74, 6) is -0.899. The number of benzene rings is 1. The zero-order chi connectivity index (χ0) is 16.0. The molecule has 0 aromatic heterocycles. The van der Waals surface area contributed by atoms with E-state index in [9.17, 15) is 18.9 Å². The highest BCUT2D eigenvalue weighted by atomic mass is 19.3. The van der Waals surface area contributed by atoms with Crippen molar-refractivity contribution in [2.24, 2.45) is 27.2 Å².